The molecule has 0 bridgehead atoms. The first kappa shape index (κ1) is 15.0. The summed E-state index contributed by atoms with van der Waals surface area (Å²) in [5, 5.41) is 12.0. The van der Waals surface area contributed by atoms with Crippen LogP contribution in [0.2, 0.25) is 5.02 Å². The Labute approximate surface area is 120 Å². The van der Waals surface area contributed by atoms with Crippen molar-refractivity contribution in [2.24, 2.45) is 5.92 Å². The third-order valence-electron chi connectivity index (χ3n) is 3.56. The van der Waals surface area contributed by atoms with Gasteiger partial charge in [-0.25, -0.2) is 0 Å². The van der Waals surface area contributed by atoms with E-state index in [0.29, 0.717) is 6.42 Å². The van der Waals surface area contributed by atoms with E-state index in [1.807, 2.05) is 0 Å². The molecule has 2 unspecified atom stereocenters. The van der Waals surface area contributed by atoms with Crippen molar-refractivity contribution in [2.45, 2.75) is 37.9 Å². The molecular weight excluding hydrogens is 289 g/mol. The molecular formula is C14H14ClF3N2. The molecule has 108 valence electrons. The van der Waals surface area contributed by atoms with Crippen molar-refractivity contribution in [2.75, 3.05) is 5.32 Å². The van der Waals surface area contributed by atoms with Gasteiger partial charge in [0.2, 0.25) is 0 Å². The van der Waals surface area contributed by atoms with Crippen LogP contribution in [0.25, 0.3) is 0 Å². The highest BCUT2D eigenvalue weighted by Crippen LogP contribution is 2.38. The van der Waals surface area contributed by atoms with Crippen LogP contribution in [0, 0.1) is 17.2 Å². The Hall–Kier alpha value is -1.41. The van der Waals surface area contributed by atoms with Gasteiger partial charge in [0.15, 0.2) is 0 Å². The van der Waals surface area contributed by atoms with Crippen LogP contribution in [0.1, 0.15) is 31.2 Å². The molecule has 0 aliphatic heterocycles. The molecule has 0 heterocycles. The van der Waals surface area contributed by atoms with Gasteiger partial charge >= 0.3 is 6.18 Å². The van der Waals surface area contributed by atoms with E-state index >= 15 is 0 Å². The van der Waals surface area contributed by atoms with Crippen LogP contribution >= 0.6 is 11.6 Å². The molecule has 0 spiro atoms. The van der Waals surface area contributed by atoms with E-state index in [9.17, 15) is 13.2 Å². The minimum atomic E-state index is -4.47. The number of anilines is 1. The molecule has 1 aromatic carbocycles. The summed E-state index contributed by atoms with van der Waals surface area (Å²) in [5.41, 5.74) is -0.790. The number of nitrogens with one attached hydrogen (secondary N) is 1. The lowest BCUT2D eigenvalue weighted by molar-refractivity contribution is -0.137. The predicted molar refractivity (Wildman–Crippen MR) is 71.4 cm³/mol. The van der Waals surface area contributed by atoms with E-state index in [1.54, 1.807) is 0 Å². The fourth-order valence-electron chi connectivity index (χ4n) is 2.53. The van der Waals surface area contributed by atoms with Gasteiger partial charge in [0, 0.05) is 16.8 Å². The van der Waals surface area contributed by atoms with Crippen molar-refractivity contribution in [1.82, 2.24) is 0 Å². The number of halogens is 4. The molecule has 0 aromatic heterocycles. The van der Waals surface area contributed by atoms with E-state index in [2.05, 4.69) is 11.4 Å². The molecule has 0 amide bonds. The molecule has 0 saturated heterocycles. The van der Waals surface area contributed by atoms with Crippen LogP contribution in [0.5, 0.6) is 0 Å². The molecule has 0 radical (unpaired) electrons. The van der Waals surface area contributed by atoms with E-state index in [1.165, 1.54) is 12.1 Å². The minimum absolute atomic E-state index is 0.00551. The Morgan fingerprint density at radius 3 is 2.60 bits per heavy atom. The molecule has 1 N–H and O–H groups in total. The van der Waals surface area contributed by atoms with Crippen molar-refractivity contribution in [1.29, 1.82) is 5.26 Å². The van der Waals surface area contributed by atoms with Gasteiger partial charge in [-0.1, -0.05) is 24.4 Å². The number of hydrogen-bond donors (Lipinski definition) is 1. The topological polar surface area (TPSA) is 35.8 Å². The Bertz CT molecular complexity index is 522. The van der Waals surface area contributed by atoms with Crippen molar-refractivity contribution in [3.63, 3.8) is 0 Å². The fraction of sp³-hybridized carbons (Fsp3) is 0.500. The number of hydrogen-bond acceptors (Lipinski definition) is 2. The lowest BCUT2D eigenvalue weighted by atomic mass is 9.85. The van der Waals surface area contributed by atoms with E-state index in [0.717, 1.165) is 25.3 Å². The van der Waals surface area contributed by atoms with Gasteiger partial charge in [0.25, 0.3) is 0 Å². The van der Waals surface area contributed by atoms with Crippen molar-refractivity contribution < 1.29 is 13.2 Å². The zero-order valence-corrected chi connectivity index (χ0v) is 11.4. The summed E-state index contributed by atoms with van der Waals surface area (Å²) in [5.74, 6) is -0.250. The summed E-state index contributed by atoms with van der Waals surface area (Å²) < 4.78 is 39.0. The predicted octanol–water partition coefficient (Wildman–Crippen LogP) is 4.85. The van der Waals surface area contributed by atoms with Gasteiger partial charge < -0.3 is 5.32 Å². The normalized spacial score (nSPS) is 23.1. The second kappa shape index (κ2) is 5.92. The molecule has 1 aliphatic carbocycles. The first-order valence-corrected chi connectivity index (χ1v) is 6.82. The molecule has 1 aromatic rings. The van der Waals surface area contributed by atoms with Crippen molar-refractivity contribution in [3.05, 3.63) is 28.8 Å². The molecule has 2 atom stereocenters. The van der Waals surface area contributed by atoms with E-state index in [4.69, 9.17) is 16.9 Å². The molecule has 1 saturated carbocycles. The third kappa shape index (κ3) is 3.37. The quantitative estimate of drug-likeness (QED) is 0.847. The van der Waals surface area contributed by atoms with E-state index in [-0.39, 0.29) is 22.7 Å². The fourth-order valence-corrected chi connectivity index (χ4v) is 2.71. The van der Waals surface area contributed by atoms with Gasteiger partial charge in [-0.2, -0.15) is 18.4 Å². The van der Waals surface area contributed by atoms with Gasteiger partial charge in [-0.15, -0.1) is 0 Å². The van der Waals surface area contributed by atoms with Crippen LogP contribution in [-0.2, 0) is 6.18 Å². The first-order chi connectivity index (χ1) is 9.41. The average molecular weight is 303 g/mol. The highest BCUT2D eigenvalue weighted by atomic mass is 35.5. The smallest absolute Gasteiger partial charge is 0.380 e. The first-order valence-electron chi connectivity index (χ1n) is 6.44. The maximum atomic E-state index is 13.0. The highest BCUT2D eigenvalue weighted by Gasteiger charge is 2.35. The molecule has 1 aliphatic rings. The minimum Gasteiger partial charge on any atom is -0.380 e. The number of nitriles is 1. The summed E-state index contributed by atoms with van der Waals surface area (Å²) in [7, 11) is 0. The SMILES string of the molecule is N#CC1CCCCC1Nc1ccc(Cl)cc1C(F)(F)F. The number of alkyl halides is 3. The van der Waals surface area contributed by atoms with Crippen LogP contribution in [-0.4, -0.2) is 6.04 Å². The average Bonchev–Trinajstić information content (AvgIpc) is 2.40. The second-order valence-electron chi connectivity index (χ2n) is 4.96. The van der Waals surface area contributed by atoms with Crippen LogP contribution in [0.4, 0.5) is 18.9 Å². The summed E-state index contributed by atoms with van der Waals surface area (Å²) in [6.45, 7) is 0. The Kier molecular flexibility index (Phi) is 4.44. The molecule has 20 heavy (non-hydrogen) atoms. The van der Waals surface area contributed by atoms with Crippen molar-refractivity contribution in [3.8, 4) is 6.07 Å². The number of nitrogens with zero attached hydrogens (tertiary/aromatic N) is 1. The van der Waals surface area contributed by atoms with Gasteiger partial charge in [0.1, 0.15) is 0 Å². The summed E-state index contributed by atoms with van der Waals surface area (Å²) in [6, 6.07) is 5.59. The largest absolute Gasteiger partial charge is 0.418 e. The van der Waals surface area contributed by atoms with Gasteiger partial charge in [-0.3, -0.25) is 0 Å². The molecule has 2 nitrogen and oxygen atoms in total. The highest BCUT2D eigenvalue weighted by molar-refractivity contribution is 6.30. The lowest BCUT2D eigenvalue weighted by Gasteiger charge is -2.29. The van der Waals surface area contributed by atoms with Gasteiger partial charge in [-0.05, 0) is 31.0 Å². The summed E-state index contributed by atoms with van der Waals surface area (Å²) in [4.78, 5) is 0. The summed E-state index contributed by atoms with van der Waals surface area (Å²) >= 11 is 5.64. The Balaban J connectivity index is 2.27. The Morgan fingerprint density at radius 1 is 1.25 bits per heavy atom. The molecule has 2 rings (SSSR count). The number of rotatable bonds is 2. The lowest BCUT2D eigenvalue weighted by Crippen LogP contribution is -2.32. The second-order valence-corrected chi connectivity index (χ2v) is 5.39. The Morgan fingerprint density at radius 2 is 1.95 bits per heavy atom. The third-order valence-corrected chi connectivity index (χ3v) is 3.79. The van der Waals surface area contributed by atoms with Gasteiger partial charge in [0.05, 0.1) is 17.6 Å². The van der Waals surface area contributed by atoms with Crippen LogP contribution in [0.3, 0.4) is 0 Å². The monoisotopic (exact) mass is 302 g/mol. The van der Waals surface area contributed by atoms with Crippen molar-refractivity contribution >= 4 is 17.3 Å². The van der Waals surface area contributed by atoms with Crippen LogP contribution < -0.4 is 5.32 Å². The van der Waals surface area contributed by atoms with Crippen LogP contribution in [0.15, 0.2) is 18.2 Å². The number of benzene rings is 1. The zero-order chi connectivity index (χ0) is 14.8. The standard InChI is InChI=1S/C14H14ClF3N2/c15-10-5-6-13(11(7-10)14(16,17)18)20-12-4-2-1-3-9(12)8-19/h5-7,9,12,20H,1-4H2. The molecule has 1 fully saturated rings. The van der Waals surface area contributed by atoms with E-state index < -0.39 is 11.7 Å². The molecule has 6 heteroatoms. The zero-order valence-electron chi connectivity index (χ0n) is 10.7. The summed E-state index contributed by atoms with van der Waals surface area (Å²) in [6.07, 6.45) is -1.17. The maximum absolute atomic E-state index is 13.0. The maximum Gasteiger partial charge on any atom is 0.418 e.